The van der Waals surface area contributed by atoms with E-state index in [9.17, 15) is 18.0 Å². The molecule has 1 aromatic carbocycles. The Balaban J connectivity index is 3.38. The Morgan fingerprint density at radius 3 is 2.09 bits per heavy atom. The van der Waals surface area contributed by atoms with Gasteiger partial charge in [0, 0.05) is 6.54 Å². The molecule has 0 saturated carbocycles. The lowest BCUT2D eigenvalue weighted by Crippen LogP contribution is -2.37. The van der Waals surface area contributed by atoms with E-state index in [-0.39, 0.29) is 16.6 Å². The molecule has 0 fully saturated rings. The number of ether oxygens (including phenoxy) is 1. The summed E-state index contributed by atoms with van der Waals surface area (Å²) in [5.41, 5.74) is -2.27. The SMILES string of the molecule is CCN(C(=O)OC(C)(C)C)c1cc(Cl)c(Cl)cc1C(F)(F)F. The van der Waals surface area contributed by atoms with Crippen LogP contribution in [0.2, 0.25) is 10.0 Å². The van der Waals surface area contributed by atoms with E-state index in [0.29, 0.717) is 6.07 Å². The number of anilines is 1. The molecule has 0 aliphatic rings. The van der Waals surface area contributed by atoms with Gasteiger partial charge in [0.15, 0.2) is 0 Å². The van der Waals surface area contributed by atoms with Crippen LogP contribution < -0.4 is 4.90 Å². The number of hydrogen-bond donors (Lipinski definition) is 0. The molecule has 0 heterocycles. The third-order valence-electron chi connectivity index (χ3n) is 2.56. The van der Waals surface area contributed by atoms with Gasteiger partial charge < -0.3 is 4.74 Å². The summed E-state index contributed by atoms with van der Waals surface area (Å²) in [5, 5.41) is -0.315. The van der Waals surface area contributed by atoms with Gasteiger partial charge in [0.1, 0.15) is 5.60 Å². The Bertz CT molecular complexity index is 568. The molecule has 1 aromatic rings. The van der Waals surface area contributed by atoms with Crippen LogP contribution in [0.3, 0.4) is 0 Å². The molecular formula is C14H16Cl2F3NO2. The third-order valence-corrected chi connectivity index (χ3v) is 3.29. The van der Waals surface area contributed by atoms with E-state index in [1.54, 1.807) is 20.8 Å². The van der Waals surface area contributed by atoms with Crippen molar-refractivity contribution in [3.05, 3.63) is 27.7 Å². The van der Waals surface area contributed by atoms with Gasteiger partial charge in [0.2, 0.25) is 0 Å². The first kappa shape index (κ1) is 18.9. The lowest BCUT2D eigenvalue weighted by atomic mass is 10.1. The number of halogens is 5. The highest BCUT2D eigenvalue weighted by molar-refractivity contribution is 6.42. The van der Waals surface area contributed by atoms with E-state index >= 15 is 0 Å². The second kappa shape index (κ2) is 6.54. The maximum Gasteiger partial charge on any atom is 0.418 e. The Morgan fingerprint density at radius 2 is 1.68 bits per heavy atom. The summed E-state index contributed by atoms with van der Waals surface area (Å²) in [6.45, 7) is 6.39. The normalized spacial score (nSPS) is 12.2. The summed E-state index contributed by atoms with van der Waals surface area (Å²) in [7, 11) is 0. The van der Waals surface area contributed by atoms with Crippen molar-refractivity contribution in [3.63, 3.8) is 0 Å². The Morgan fingerprint density at radius 1 is 1.18 bits per heavy atom. The van der Waals surface area contributed by atoms with Crippen LogP contribution in [0.15, 0.2) is 12.1 Å². The van der Waals surface area contributed by atoms with E-state index in [4.69, 9.17) is 27.9 Å². The Hall–Kier alpha value is -1.14. The molecule has 0 aliphatic heterocycles. The van der Waals surface area contributed by atoms with Gasteiger partial charge in [-0.3, -0.25) is 4.90 Å². The number of carbonyl (C=O) groups is 1. The molecule has 0 aromatic heterocycles. The minimum absolute atomic E-state index is 0.0179. The monoisotopic (exact) mass is 357 g/mol. The second-order valence-electron chi connectivity index (χ2n) is 5.51. The van der Waals surface area contributed by atoms with Gasteiger partial charge in [0.25, 0.3) is 0 Å². The maximum atomic E-state index is 13.2. The van der Waals surface area contributed by atoms with E-state index in [0.717, 1.165) is 11.0 Å². The summed E-state index contributed by atoms with van der Waals surface area (Å²) in [4.78, 5) is 13.0. The van der Waals surface area contributed by atoms with Gasteiger partial charge in [-0.2, -0.15) is 13.2 Å². The number of hydrogen-bond acceptors (Lipinski definition) is 2. The Kier molecular flexibility index (Phi) is 5.62. The molecule has 0 atom stereocenters. The van der Waals surface area contributed by atoms with Crippen LogP contribution >= 0.6 is 23.2 Å². The summed E-state index contributed by atoms with van der Waals surface area (Å²) in [5.74, 6) is 0. The van der Waals surface area contributed by atoms with Crippen molar-refractivity contribution < 1.29 is 22.7 Å². The number of alkyl halides is 3. The topological polar surface area (TPSA) is 29.5 Å². The average Bonchev–Trinajstić information content (AvgIpc) is 2.30. The molecule has 0 aliphatic carbocycles. The summed E-state index contributed by atoms with van der Waals surface area (Å²) >= 11 is 11.5. The standard InChI is InChI=1S/C14H16Cl2F3NO2/c1-5-20(12(21)22-13(2,3)4)11-7-10(16)9(15)6-8(11)14(17,18)19/h6-7H,5H2,1-4H3. The van der Waals surface area contributed by atoms with Gasteiger partial charge in [-0.05, 0) is 39.8 Å². The highest BCUT2D eigenvalue weighted by Crippen LogP contribution is 2.41. The lowest BCUT2D eigenvalue weighted by Gasteiger charge is -2.28. The number of nitrogens with zero attached hydrogens (tertiary/aromatic N) is 1. The van der Waals surface area contributed by atoms with Crippen molar-refractivity contribution in [1.82, 2.24) is 0 Å². The van der Waals surface area contributed by atoms with Crippen LogP contribution in [-0.4, -0.2) is 18.2 Å². The van der Waals surface area contributed by atoms with Crippen LogP contribution in [0.4, 0.5) is 23.7 Å². The molecule has 0 radical (unpaired) electrons. The molecule has 0 N–H and O–H groups in total. The average molecular weight is 358 g/mol. The predicted octanol–water partition coefficient (Wildman–Crippen LogP) is 5.77. The molecule has 1 rings (SSSR count). The van der Waals surface area contributed by atoms with Crippen LogP contribution in [0.1, 0.15) is 33.3 Å². The molecule has 0 spiro atoms. The predicted molar refractivity (Wildman–Crippen MR) is 80.7 cm³/mol. The minimum Gasteiger partial charge on any atom is -0.443 e. The fourth-order valence-corrected chi connectivity index (χ4v) is 2.02. The van der Waals surface area contributed by atoms with E-state index in [1.165, 1.54) is 6.92 Å². The molecule has 124 valence electrons. The van der Waals surface area contributed by atoms with Crippen molar-refractivity contribution in [2.45, 2.75) is 39.5 Å². The first-order valence-corrected chi connectivity index (χ1v) is 7.19. The third kappa shape index (κ3) is 4.68. The number of amides is 1. The molecule has 3 nitrogen and oxygen atoms in total. The molecule has 0 bridgehead atoms. The molecule has 0 saturated heterocycles. The van der Waals surface area contributed by atoms with Gasteiger partial charge in [0.05, 0.1) is 21.3 Å². The first-order chi connectivity index (χ1) is 9.86. The summed E-state index contributed by atoms with van der Waals surface area (Å²) < 4.78 is 44.7. The smallest absolute Gasteiger partial charge is 0.418 e. The second-order valence-corrected chi connectivity index (χ2v) is 6.32. The van der Waals surface area contributed by atoms with E-state index in [1.807, 2.05) is 0 Å². The van der Waals surface area contributed by atoms with Gasteiger partial charge in [-0.25, -0.2) is 4.79 Å². The van der Waals surface area contributed by atoms with Crippen molar-refractivity contribution in [3.8, 4) is 0 Å². The van der Waals surface area contributed by atoms with Crippen LogP contribution in [0.25, 0.3) is 0 Å². The van der Waals surface area contributed by atoms with Crippen molar-refractivity contribution in [1.29, 1.82) is 0 Å². The van der Waals surface area contributed by atoms with E-state index in [2.05, 4.69) is 0 Å². The summed E-state index contributed by atoms with van der Waals surface area (Å²) in [6, 6.07) is 1.71. The largest absolute Gasteiger partial charge is 0.443 e. The van der Waals surface area contributed by atoms with Crippen molar-refractivity contribution in [2.75, 3.05) is 11.4 Å². The zero-order chi connectivity index (χ0) is 17.3. The summed E-state index contributed by atoms with van der Waals surface area (Å²) in [6.07, 6.45) is -5.57. The van der Waals surface area contributed by atoms with Crippen LogP contribution in [-0.2, 0) is 10.9 Å². The zero-order valence-electron chi connectivity index (χ0n) is 12.5. The van der Waals surface area contributed by atoms with Gasteiger partial charge in [-0.15, -0.1) is 0 Å². The van der Waals surface area contributed by atoms with Crippen molar-refractivity contribution >= 4 is 35.0 Å². The fraction of sp³-hybridized carbons (Fsp3) is 0.500. The lowest BCUT2D eigenvalue weighted by molar-refractivity contribution is -0.137. The minimum atomic E-state index is -4.68. The first-order valence-electron chi connectivity index (χ1n) is 6.43. The van der Waals surface area contributed by atoms with Crippen LogP contribution in [0.5, 0.6) is 0 Å². The van der Waals surface area contributed by atoms with Gasteiger partial charge in [-0.1, -0.05) is 23.2 Å². The number of rotatable bonds is 2. The quantitative estimate of drug-likeness (QED) is 0.671. The van der Waals surface area contributed by atoms with Gasteiger partial charge >= 0.3 is 12.3 Å². The highest BCUT2D eigenvalue weighted by Gasteiger charge is 2.37. The zero-order valence-corrected chi connectivity index (χ0v) is 14.0. The molecule has 0 unspecified atom stereocenters. The van der Waals surface area contributed by atoms with Crippen molar-refractivity contribution in [2.24, 2.45) is 0 Å². The van der Waals surface area contributed by atoms with Crippen LogP contribution in [0, 0.1) is 0 Å². The number of carbonyl (C=O) groups excluding carboxylic acids is 1. The Labute approximate surface area is 136 Å². The fourth-order valence-electron chi connectivity index (χ4n) is 1.70. The molecule has 8 heteroatoms. The molecular weight excluding hydrogens is 342 g/mol. The molecule has 22 heavy (non-hydrogen) atoms. The maximum absolute atomic E-state index is 13.2. The van der Waals surface area contributed by atoms with E-state index < -0.39 is 29.1 Å². The number of benzene rings is 1. The molecule has 1 amide bonds. The highest BCUT2D eigenvalue weighted by atomic mass is 35.5.